The van der Waals surface area contributed by atoms with Gasteiger partial charge >= 0.3 is 5.97 Å². The molecule has 0 unspecified atom stereocenters. The molecule has 18 heavy (non-hydrogen) atoms. The van der Waals surface area contributed by atoms with E-state index < -0.39 is 11.9 Å². The average Bonchev–Trinajstić information content (AvgIpc) is 2.34. The van der Waals surface area contributed by atoms with Gasteiger partial charge in [-0.2, -0.15) is 0 Å². The van der Waals surface area contributed by atoms with Crippen LogP contribution < -0.4 is 10.6 Å². The molecule has 3 N–H and O–H groups in total. The zero-order chi connectivity index (χ0) is 13.5. The number of pyridine rings is 1. The molecule has 1 heterocycles. The van der Waals surface area contributed by atoms with Gasteiger partial charge in [0.1, 0.15) is 12.4 Å². The summed E-state index contributed by atoms with van der Waals surface area (Å²) in [5.41, 5.74) is 5.42. The zero-order valence-electron chi connectivity index (χ0n) is 10.00. The first-order chi connectivity index (χ1) is 8.56. The lowest BCUT2D eigenvalue weighted by Crippen LogP contribution is -2.35. The first-order valence-corrected chi connectivity index (χ1v) is 5.26. The third-order valence-electron chi connectivity index (χ3n) is 2.24. The fraction of sp³-hybridized carbons (Fsp3) is 0.364. The van der Waals surface area contributed by atoms with E-state index in [-0.39, 0.29) is 17.9 Å². The highest BCUT2D eigenvalue weighted by molar-refractivity contribution is 5.98. The van der Waals surface area contributed by atoms with Crippen molar-refractivity contribution in [1.29, 1.82) is 0 Å². The van der Waals surface area contributed by atoms with Crippen LogP contribution in [0, 0.1) is 0 Å². The Kier molecular flexibility index (Phi) is 5.06. The number of rotatable bonds is 7. The van der Waals surface area contributed by atoms with Crippen LogP contribution in [-0.4, -0.2) is 48.8 Å². The van der Waals surface area contributed by atoms with Gasteiger partial charge in [-0.05, 0) is 12.1 Å². The van der Waals surface area contributed by atoms with Gasteiger partial charge in [-0.1, -0.05) is 0 Å². The minimum atomic E-state index is -1.02. The third kappa shape index (κ3) is 3.70. The summed E-state index contributed by atoms with van der Waals surface area (Å²) in [4.78, 5) is 27.5. The smallest absolute Gasteiger partial charge is 0.323 e. The number of primary amides is 1. The molecule has 1 aromatic heterocycles. The first-order valence-electron chi connectivity index (χ1n) is 5.26. The topological polar surface area (TPSA) is 106 Å². The minimum Gasteiger partial charge on any atom is -0.480 e. The number of carbonyl (C=O) groups is 2. The maximum atomic E-state index is 11.3. The Labute approximate surface area is 104 Å². The molecule has 0 aliphatic heterocycles. The Morgan fingerprint density at radius 1 is 1.56 bits per heavy atom. The molecule has 0 saturated carbocycles. The zero-order valence-corrected chi connectivity index (χ0v) is 10.00. The molecule has 0 aromatic carbocycles. The molecule has 1 aromatic rings. The molecule has 0 bridgehead atoms. The van der Waals surface area contributed by atoms with Crippen LogP contribution in [0.15, 0.2) is 18.3 Å². The number of nitrogens with two attached hydrogens (primary N) is 1. The van der Waals surface area contributed by atoms with Crippen molar-refractivity contribution in [1.82, 2.24) is 4.98 Å². The molecule has 0 fully saturated rings. The molecule has 0 radical (unpaired) electrons. The number of hydrogen-bond acceptors (Lipinski definition) is 5. The van der Waals surface area contributed by atoms with E-state index in [1.807, 2.05) is 0 Å². The molecule has 0 aliphatic rings. The van der Waals surface area contributed by atoms with E-state index in [0.29, 0.717) is 13.2 Å². The van der Waals surface area contributed by atoms with Crippen molar-refractivity contribution >= 4 is 17.7 Å². The average molecular weight is 253 g/mol. The van der Waals surface area contributed by atoms with Crippen LogP contribution in [0.2, 0.25) is 0 Å². The standard InChI is InChI=1S/C11H15N3O4/c1-18-6-5-14(7-9(15)16)11-8(10(12)17)3-2-4-13-11/h2-4H,5-7H2,1H3,(H2,12,17)(H,15,16). The quantitative estimate of drug-likeness (QED) is 0.692. The summed E-state index contributed by atoms with van der Waals surface area (Å²) in [7, 11) is 1.51. The lowest BCUT2D eigenvalue weighted by molar-refractivity contribution is -0.135. The maximum absolute atomic E-state index is 11.3. The minimum absolute atomic E-state index is 0.190. The summed E-state index contributed by atoms with van der Waals surface area (Å²) in [5.74, 6) is -1.41. The molecule has 0 atom stereocenters. The van der Waals surface area contributed by atoms with Crippen molar-refractivity contribution in [3.8, 4) is 0 Å². The maximum Gasteiger partial charge on any atom is 0.323 e. The van der Waals surface area contributed by atoms with E-state index in [0.717, 1.165) is 0 Å². The molecular weight excluding hydrogens is 238 g/mol. The number of carboxylic acid groups (broad SMARTS) is 1. The SMILES string of the molecule is COCCN(CC(=O)O)c1ncccc1C(N)=O. The van der Waals surface area contributed by atoms with Crippen molar-refractivity contribution in [2.75, 3.05) is 31.7 Å². The Bertz CT molecular complexity index is 436. The van der Waals surface area contributed by atoms with Crippen molar-refractivity contribution in [2.24, 2.45) is 5.73 Å². The third-order valence-corrected chi connectivity index (χ3v) is 2.24. The van der Waals surface area contributed by atoms with E-state index in [4.69, 9.17) is 15.6 Å². The van der Waals surface area contributed by atoms with Gasteiger partial charge in [-0.25, -0.2) is 4.98 Å². The predicted molar refractivity (Wildman–Crippen MR) is 64.5 cm³/mol. The number of anilines is 1. The van der Waals surface area contributed by atoms with Crippen LogP contribution in [0.1, 0.15) is 10.4 Å². The highest BCUT2D eigenvalue weighted by Crippen LogP contribution is 2.16. The van der Waals surface area contributed by atoms with Gasteiger partial charge in [0.2, 0.25) is 0 Å². The Hall–Kier alpha value is -2.15. The second-order valence-corrected chi connectivity index (χ2v) is 3.55. The number of ether oxygens (including phenoxy) is 1. The number of methoxy groups -OCH3 is 1. The molecule has 0 spiro atoms. The second-order valence-electron chi connectivity index (χ2n) is 3.55. The Morgan fingerprint density at radius 2 is 2.28 bits per heavy atom. The summed E-state index contributed by atoms with van der Waals surface area (Å²) >= 11 is 0. The molecule has 7 heteroatoms. The first kappa shape index (κ1) is 13.9. The molecule has 98 valence electrons. The number of hydrogen-bond donors (Lipinski definition) is 2. The van der Waals surface area contributed by atoms with E-state index in [1.165, 1.54) is 24.3 Å². The molecule has 1 amide bonds. The largest absolute Gasteiger partial charge is 0.480 e. The number of amides is 1. The van der Waals surface area contributed by atoms with Gasteiger partial charge in [0.05, 0.1) is 12.2 Å². The second kappa shape index (κ2) is 6.55. The number of carbonyl (C=O) groups excluding carboxylic acids is 1. The van der Waals surface area contributed by atoms with Gasteiger partial charge in [0, 0.05) is 19.9 Å². The van der Waals surface area contributed by atoms with E-state index >= 15 is 0 Å². The predicted octanol–water partition coefficient (Wildman–Crippen LogP) is -0.282. The van der Waals surface area contributed by atoms with Gasteiger partial charge in [0.25, 0.3) is 5.91 Å². The van der Waals surface area contributed by atoms with Crippen molar-refractivity contribution in [3.63, 3.8) is 0 Å². The number of aliphatic carboxylic acids is 1. The normalized spacial score (nSPS) is 10.1. The molecule has 0 aliphatic carbocycles. The molecule has 1 rings (SSSR count). The van der Waals surface area contributed by atoms with E-state index in [1.54, 1.807) is 6.07 Å². The van der Waals surface area contributed by atoms with Crippen LogP contribution >= 0.6 is 0 Å². The van der Waals surface area contributed by atoms with Crippen LogP contribution in [0.3, 0.4) is 0 Å². The Morgan fingerprint density at radius 3 is 2.83 bits per heavy atom. The van der Waals surface area contributed by atoms with Crippen LogP contribution in [0.25, 0.3) is 0 Å². The monoisotopic (exact) mass is 253 g/mol. The van der Waals surface area contributed by atoms with Gasteiger partial charge in [0.15, 0.2) is 0 Å². The lowest BCUT2D eigenvalue weighted by Gasteiger charge is -2.22. The van der Waals surface area contributed by atoms with Gasteiger partial charge in [-0.3, -0.25) is 9.59 Å². The van der Waals surface area contributed by atoms with Crippen LogP contribution in [0.4, 0.5) is 5.82 Å². The number of carboxylic acids is 1. The summed E-state index contributed by atoms with van der Waals surface area (Å²) in [6.45, 7) is 0.350. The van der Waals surface area contributed by atoms with Crippen LogP contribution in [0.5, 0.6) is 0 Å². The molecular formula is C11H15N3O4. The Balaban J connectivity index is 3.03. The lowest BCUT2D eigenvalue weighted by atomic mass is 10.2. The van der Waals surface area contributed by atoms with Gasteiger partial charge < -0.3 is 20.5 Å². The molecule has 7 nitrogen and oxygen atoms in total. The van der Waals surface area contributed by atoms with Gasteiger partial charge in [-0.15, -0.1) is 0 Å². The number of nitrogens with zero attached hydrogens (tertiary/aromatic N) is 2. The fourth-order valence-corrected chi connectivity index (χ4v) is 1.47. The summed E-state index contributed by atoms with van der Waals surface area (Å²) in [5, 5.41) is 8.85. The van der Waals surface area contributed by atoms with E-state index in [9.17, 15) is 9.59 Å². The summed E-state index contributed by atoms with van der Waals surface area (Å²) < 4.78 is 4.90. The van der Waals surface area contributed by atoms with Crippen molar-refractivity contribution in [3.05, 3.63) is 23.9 Å². The summed E-state index contributed by atoms with van der Waals surface area (Å²) in [6, 6.07) is 3.07. The highest BCUT2D eigenvalue weighted by Gasteiger charge is 2.17. The van der Waals surface area contributed by atoms with Crippen LogP contribution in [-0.2, 0) is 9.53 Å². The van der Waals surface area contributed by atoms with Crippen molar-refractivity contribution in [2.45, 2.75) is 0 Å². The fourth-order valence-electron chi connectivity index (χ4n) is 1.47. The highest BCUT2D eigenvalue weighted by atomic mass is 16.5. The molecule has 0 saturated heterocycles. The number of aromatic nitrogens is 1. The van der Waals surface area contributed by atoms with Crippen molar-refractivity contribution < 1.29 is 19.4 Å². The van der Waals surface area contributed by atoms with E-state index in [2.05, 4.69) is 4.98 Å². The summed E-state index contributed by atoms with van der Waals surface area (Å²) in [6.07, 6.45) is 1.48.